The number of unbranched alkanes of at least 4 members (excludes halogenated alkanes) is 1. The molecule has 0 N–H and O–H groups in total. The summed E-state index contributed by atoms with van der Waals surface area (Å²) >= 11 is 0. The zero-order valence-corrected chi connectivity index (χ0v) is 16.5. The number of hydrogen-bond acceptors (Lipinski definition) is 5. The van der Waals surface area contributed by atoms with Crippen molar-refractivity contribution in [1.82, 2.24) is 19.7 Å². The SMILES string of the molecule is CCCCc1nc2c(cnn2CC)c(-c2cncc(C)c2)c1C(=O)OCC. The van der Waals surface area contributed by atoms with Gasteiger partial charge in [0.25, 0.3) is 0 Å². The van der Waals surface area contributed by atoms with Crippen molar-refractivity contribution in [2.75, 3.05) is 6.61 Å². The van der Waals surface area contributed by atoms with E-state index in [1.165, 1.54) is 0 Å². The molecular formula is C21H26N4O2. The summed E-state index contributed by atoms with van der Waals surface area (Å²) in [5.41, 5.74) is 4.85. The summed E-state index contributed by atoms with van der Waals surface area (Å²) < 4.78 is 7.26. The average molecular weight is 366 g/mol. The Labute approximate surface area is 159 Å². The van der Waals surface area contributed by atoms with E-state index in [0.717, 1.165) is 52.7 Å². The smallest absolute Gasteiger partial charge is 0.340 e. The van der Waals surface area contributed by atoms with Crippen molar-refractivity contribution in [3.8, 4) is 11.1 Å². The first-order chi connectivity index (χ1) is 13.1. The summed E-state index contributed by atoms with van der Waals surface area (Å²) in [6, 6.07) is 2.04. The van der Waals surface area contributed by atoms with Crippen LogP contribution >= 0.6 is 0 Å². The Balaban J connectivity index is 2.37. The van der Waals surface area contributed by atoms with Gasteiger partial charge in [0.05, 0.1) is 24.1 Å². The van der Waals surface area contributed by atoms with Crippen molar-refractivity contribution >= 4 is 17.0 Å². The van der Waals surface area contributed by atoms with Gasteiger partial charge in [-0.05, 0) is 45.2 Å². The molecule has 3 heterocycles. The molecule has 3 aromatic heterocycles. The van der Waals surface area contributed by atoms with Crippen molar-refractivity contribution < 1.29 is 9.53 Å². The van der Waals surface area contributed by atoms with E-state index >= 15 is 0 Å². The molecule has 0 saturated heterocycles. The minimum absolute atomic E-state index is 0.323. The Morgan fingerprint density at radius 2 is 2.00 bits per heavy atom. The van der Waals surface area contributed by atoms with E-state index in [2.05, 4.69) is 17.0 Å². The highest BCUT2D eigenvalue weighted by atomic mass is 16.5. The van der Waals surface area contributed by atoms with Crippen LogP contribution in [-0.2, 0) is 17.7 Å². The van der Waals surface area contributed by atoms with Gasteiger partial charge in [-0.15, -0.1) is 0 Å². The normalized spacial score (nSPS) is 11.1. The van der Waals surface area contributed by atoms with Crippen molar-refractivity contribution in [1.29, 1.82) is 0 Å². The number of aryl methyl sites for hydroxylation is 3. The highest BCUT2D eigenvalue weighted by molar-refractivity contribution is 6.07. The number of carbonyl (C=O) groups excluding carboxylic acids is 1. The van der Waals surface area contributed by atoms with E-state index in [4.69, 9.17) is 9.72 Å². The lowest BCUT2D eigenvalue weighted by molar-refractivity contribution is 0.0525. The predicted molar refractivity (Wildman–Crippen MR) is 106 cm³/mol. The fourth-order valence-electron chi connectivity index (χ4n) is 3.31. The Morgan fingerprint density at radius 1 is 1.19 bits per heavy atom. The molecule has 6 heteroatoms. The molecule has 0 radical (unpaired) electrons. The summed E-state index contributed by atoms with van der Waals surface area (Å²) in [4.78, 5) is 22.1. The van der Waals surface area contributed by atoms with Gasteiger partial charge in [-0.3, -0.25) is 4.98 Å². The van der Waals surface area contributed by atoms with Crippen LogP contribution in [0.15, 0.2) is 24.7 Å². The minimum atomic E-state index is -0.334. The number of carbonyl (C=O) groups is 1. The molecular weight excluding hydrogens is 340 g/mol. The second kappa shape index (κ2) is 8.29. The van der Waals surface area contributed by atoms with E-state index in [-0.39, 0.29) is 5.97 Å². The molecule has 0 atom stereocenters. The highest BCUT2D eigenvalue weighted by Crippen LogP contribution is 2.34. The molecule has 0 spiro atoms. The van der Waals surface area contributed by atoms with Gasteiger partial charge in [0, 0.05) is 35.5 Å². The lowest BCUT2D eigenvalue weighted by Gasteiger charge is -2.15. The van der Waals surface area contributed by atoms with Gasteiger partial charge in [0.1, 0.15) is 0 Å². The quantitative estimate of drug-likeness (QED) is 0.582. The van der Waals surface area contributed by atoms with Gasteiger partial charge in [-0.1, -0.05) is 13.3 Å². The van der Waals surface area contributed by atoms with Crippen LogP contribution < -0.4 is 0 Å². The van der Waals surface area contributed by atoms with Crippen molar-refractivity contribution in [2.24, 2.45) is 0 Å². The van der Waals surface area contributed by atoms with Gasteiger partial charge in [-0.2, -0.15) is 5.10 Å². The molecule has 0 amide bonds. The van der Waals surface area contributed by atoms with Crippen LogP contribution in [0.1, 0.15) is 55.2 Å². The monoisotopic (exact) mass is 366 g/mol. The number of fused-ring (bicyclic) bond motifs is 1. The lowest BCUT2D eigenvalue weighted by Crippen LogP contribution is -2.13. The molecule has 0 saturated carbocycles. The fourth-order valence-corrected chi connectivity index (χ4v) is 3.31. The molecule has 3 rings (SSSR count). The topological polar surface area (TPSA) is 69.9 Å². The number of esters is 1. The van der Waals surface area contributed by atoms with E-state index in [9.17, 15) is 4.79 Å². The molecule has 6 nitrogen and oxygen atoms in total. The molecule has 27 heavy (non-hydrogen) atoms. The van der Waals surface area contributed by atoms with E-state index in [1.54, 1.807) is 18.6 Å². The zero-order valence-electron chi connectivity index (χ0n) is 16.5. The first kappa shape index (κ1) is 19.0. The van der Waals surface area contributed by atoms with Crippen LogP contribution in [0.5, 0.6) is 0 Å². The standard InChI is InChI=1S/C21H26N4O2/c1-5-8-9-17-19(21(26)27-7-3)18(15-10-14(4)11-22-12-15)16-13-23-25(6-2)20(16)24-17/h10-13H,5-9H2,1-4H3. The number of pyridine rings is 2. The zero-order chi connectivity index (χ0) is 19.4. The van der Waals surface area contributed by atoms with Crippen LogP contribution in [0.4, 0.5) is 0 Å². The Hall–Kier alpha value is -2.76. The predicted octanol–water partition coefficient (Wildman–Crippen LogP) is 4.34. The Kier molecular flexibility index (Phi) is 5.84. The molecule has 3 aromatic rings. The number of nitrogens with zero attached hydrogens (tertiary/aromatic N) is 4. The number of hydrogen-bond donors (Lipinski definition) is 0. The molecule has 0 aliphatic carbocycles. The maximum Gasteiger partial charge on any atom is 0.340 e. The van der Waals surface area contributed by atoms with Crippen LogP contribution in [0, 0.1) is 6.92 Å². The van der Waals surface area contributed by atoms with Gasteiger partial charge >= 0.3 is 5.97 Å². The Morgan fingerprint density at radius 3 is 2.67 bits per heavy atom. The summed E-state index contributed by atoms with van der Waals surface area (Å²) in [7, 11) is 0. The molecule has 0 unspecified atom stereocenters. The van der Waals surface area contributed by atoms with Crippen LogP contribution in [0.3, 0.4) is 0 Å². The number of aromatic nitrogens is 4. The van der Waals surface area contributed by atoms with Gasteiger partial charge in [0.2, 0.25) is 0 Å². The van der Waals surface area contributed by atoms with Crippen LogP contribution in [-0.4, -0.2) is 32.3 Å². The maximum atomic E-state index is 12.9. The third kappa shape index (κ3) is 3.70. The summed E-state index contributed by atoms with van der Waals surface area (Å²) in [5, 5.41) is 5.33. The third-order valence-corrected chi connectivity index (χ3v) is 4.57. The largest absolute Gasteiger partial charge is 0.462 e. The van der Waals surface area contributed by atoms with Crippen LogP contribution in [0.2, 0.25) is 0 Å². The number of ether oxygens (including phenoxy) is 1. The molecule has 0 aliphatic heterocycles. The van der Waals surface area contributed by atoms with Crippen molar-refractivity contribution in [3.05, 3.63) is 41.5 Å². The lowest BCUT2D eigenvalue weighted by atomic mass is 9.94. The van der Waals surface area contributed by atoms with Gasteiger partial charge in [0.15, 0.2) is 5.65 Å². The second-order valence-corrected chi connectivity index (χ2v) is 6.58. The van der Waals surface area contributed by atoms with E-state index in [0.29, 0.717) is 18.7 Å². The van der Waals surface area contributed by atoms with Gasteiger partial charge < -0.3 is 4.74 Å². The average Bonchev–Trinajstić information content (AvgIpc) is 3.07. The molecule has 0 bridgehead atoms. The Bertz CT molecular complexity index is 962. The molecule has 0 aliphatic rings. The molecule has 0 aromatic carbocycles. The summed E-state index contributed by atoms with van der Waals surface area (Å²) in [5.74, 6) is -0.334. The van der Waals surface area contributed by atoms with Crippen molar-refractivity contribution in [3.63, 3.8) is 0 Å². The van der Waals surface area contributed by atoms with Crippen LogP contribution in [0.25, 0.3) is 22.2 Å². The molecule has 0 fully saturated rings. The third-order valence-electron chi connectivity index (χ3n) is 4.57. The van der Waals surface area contributed by atoms with Gasteiger partial charge in [-0.25, -0.2) is 14.5 Å². The maximum absolute atomic E-state index is 12.9. The first-order valence-corrected chi connectivity index (χ1v) is 9.58. The van der Waals surface area contributed by atoms with E-state index in [1.807, 2.05) is 31.5 Å². The second-order valence-electron chi connectivity index (χ2n) is 6.58. The molecule has 142 valence electrons. The summed E-state index contributed by atoms with van der Waals surface area (Å²) in [6.07, 6.45) is 8.08. The highest BCUT2D eigenvalue weighted by Gasteiger charge is 2.25. The van der Waals surface area contributed by atoms with Crippen molar-refractivity contribution in [2.45, 2.75) is 53.5 Å². The first-order valence-electron chi connectivity index (χ1n) is 9.58. The summed E-state index contributed by atoms with van der Waals surface area (Å²) in [6.45, 7) is 9.01. The fraction of sp³-hybridized carbons (Fsp3) is 0.429. The van der Waals surface area contributed by atoms with E-state index < -0.39 is 0 Å². The number of rotatable bonds is 7. The minimum Gasteiger partial charge on any atom is -0.462 e.